The van der Waals surface area contributed by atoms with E-state index in [1.54, 1.807) is 0 Å². The highest BCUT2D eigenvalue weighted by atomic mass is 19.4. The Hall–Kier alpha value is -3.50. The molecule has 2 saturated heterocycles. The number of halogens is 5. The molecule has 2 aromatic carbocycles. The molecule has 2 aliphatic heterocycles. The van der Waals surface area contributed by atoms with E-state index in [-0.39, 0.29) is 56.3 Å². The van der Waals surface area contributed by atoms with E-state index in [0.717, 1.165) is 36.4 Å². The molecule has 0 radical (unpaired) electrons. The van der Waals surface area contributed by atoms with E-state index in [2.05, 4.69) is 0 Å². The number of nitrogens with zero attached hydrogens (tertiary/aromatic N) is 3. The number of piperazine rings is 1. The van der Waals surface area contributed by atoms with Gasteiger partial charge < -0.3 is 14.7 Å². The summed E-state index contributed by atoms with van der Waals surface area (Å²) >= 11 is 0. The van der Waals surface area contributed by atoms with Crippen LogP contribution in [-0.2, 0) is 15.8 Å². The zero-order valence-electron chi connectivity index (χ0n) is 17.8. The number of carbonyl (C=O) groups excluding carboxylic acids is 3. The Labute approximate surface area is 191 Å². The topological polar surface area (TPSA) is 60.9 Å². The van der Waals surface area contributed by atoms with Gasteiger partial charge in [0.15, 0.2) is 0 Å². The normalized spacial score (nSPS) is 19.0. The van der Waals surface area contributed by atoms with Crippen LogP contribution in [0.3, 0.4) is 0 Å². The van der Waals surface area contributed by atoms with Crippen LogP contribution in [0.25, 0.3) is 0 Å². The largest absolute Gasteiger partial charge is 0.416 e. The molecular formula is C23H20F5N3O3. The Morgan fingerprint density at radius 2 is 1.41 bits per heavy atom. The first-order valence-electron chi connectivity index (χ1n) is 10.5. The summed E-state index contributed by atoms with van der Waals surface area (Å²) in [6, 6.07) is 6.69. The molecule has 2 aromatic rings. The van der Waals surface area contributed by atoms with E-state index < -0.39 is 41.1 Å². The molecule has 4 rings (SSSR count). The summed E-state index contributed by atoms with van der Waals surface area (Å²) < 4.78 is 65.2. The maximum absolute atomic E-state index is 13.5. The lowest BCUT2D eigenvalue weighted by molar-refractivity contribution is -0.138. The van der Waals surface area contributed by atoms with Crippen molar-refractivity contribution in [1.82, 2.24) is 9.80 Å². The molecular weight excluding hydrogens is 461 g/mol. The molecule has 6 nitrogen and oxygen atoms in total. The average Bonchev–Trinajstić information content (AvgIpc) is 3.19. The lowest BCUT2D eigenvalue weighted by Crippen LogP contribution is -2.52. The molecule has 2 heterocycles. The number of benzene rings is 2. The summed E-state index contributed by atoms with van der Waals surface area (Å²) in [7, 11) is 0. The minimum Gasteiger partial charge on any atom is -0.339 e. The number of anilines is 1. The fourth-order valence-electron chi connectivity index (χ4n) is 4.19. The maximum atomic E-state index is 13.5. The molecule has 1 atom stereocenters. The third-order valence-corrected chi connectivity index (χ3v) is 5.97. The molecule has 2 aliphatic rings. The highest BCUT2D eigenvalue weighted by Gasteiger charge is 2.38. The molecule has 0 spiro atoms. The fourth-order valence-corrected chi connectivity index (χ4v) is 4.19. The molecule has 0 aliphatic carbocycles. The molecule has 1 unspecified atom stereocenters. The van der Waals surface area contributed by atoms with Gasteiger partial charge in [0.1, 0.15) is 11.6 Å². The van der Waals surface area contributed by atoms with Crippen LogP contribution >= 0.6 is 0 Å². The third kappa shape index (κ3) is 4.87. The van der Waals surface area contributed by atoms with Gasteiger partial charge in [0.25, 0.3) is 5.91 Å². The van der Waals surface area contributed by atoms with Gasteiger partial charge in [0.2, 0.25) is 11.8 Å². The fraction of sp³-hybridized carbons (Fsp3) is 0.348. The first-order chi connectivity index (χ1) is 16.0. The van der Waals surface area contributed by atoms with Gasteiger partial charge in [0, 0.05) is 56.5 Å². The van der Waals surface area contributed by atoms with Crippen LogP contribution in [0.15, 0.2) is 42.5 Å². The summed E-state index contributed by atoms with van der Waals surface area (Å²) in [6.45, 7) is 0.760. The third-order valence-electron chi connectivity index (χ3n) is 5.97. The SMILES string of the molecule is O=C(c1ccc(C(F)(F)F)cc1)N1CCN(C(=O)C2CC(=O)N(c3cc(F)cc(F)c3)C2)CC1. The van der Waals surface area contributed by atoms with Crippen molar-refractivity contribution in [2.75, 3.05) is 37.6 Å². The molecule has 0 saturated carbocycles. The molecule has 0 aromatic heterocycles. The average molecular weight is 481 g/mol. The Kier molecular flexibility index (Phi) is 6.28. The highest BCUT2D eigenvalue weighted by Crippen LogP contribution is 2.30. The first-order valence-corrected chi connectivity index (χ1v) is 10.5. The van der Waals surface area contributed by atoms with Crippen molar-refractivity contribution in [3.8, 4) is 0 Å². The predicted molar refractivity (Wildman–Crippen MR) is 111 cm³/mol. The minimum absolute atomic E-state index is 0.00867. The van der Waals surface area contributed by atoms with E-state index in [1.807, 2.05) is 0 Å². The van der Waals surface area contributed by atoms with Crippen LogP contribution in [0, 0.1) is 17.6 Å². The van der Waals surface area contributed by atoms with Crippen molar-refractivity contribution >= 4 is 23.4 Å². The van der Waals surface area contributed by atoms with Gasteiger partial charge in [0.05, 0.1) is 11.5 Å². The second-order valence-corrected chi connectivity index (χ2v) is 8.23. The Morgan fingerprint density at radius 3 is 1.97 bits per heavy atom. The van der Waals surface area contributed by atoms with Gasteiger partial charge in [-0.1, -0.05) is 0 Å². The smallest absolute Gasteiger partial charge is 0.339 e. The van der Waals surface area contributed by atoms with E-state index in [9.17, 15) is 36.3 Å². The molecule has 0 N–H and O–H groups in total. The number of carbonyl (C=O) groups is 3. The van der Waals surface area contributed by atoms with Crippen LogP contribution in [-0.4, -0.2) is 60.2 Å². The lowest BCUT2D eigenvalue weighted by Gasteiger charge is -2.36. The van der Waals surface area contributed by atoms with Crippen molar-refractivity contribution in [2.45, 2.75) is 12.6 Å². The standard InChI is InChI=1S/C23H20F5N3O3/c24-17-10-18(25)12-19(11-17)31-13-15(9-20(31)32)22(34)30-7-5-29(6-8-30)21(33)14-1-3-16(4-2-14)23(26,27)28/h1-4,10-12,15H,5-9,13H2. The van der Waals surface area contributed by atoms with Gasteiger partial charge in [-0.2, -0.15) is 13.2 Å². The summed E-state index contributed by atoms with van der Waals surface area (Å²) in [6.07, 6.45) is -4.59. The van der Waals surface area contributed by atoms with E-state index >= 15 is 0 Å². The maximum Gasteiger partial charge on any atom is 0.416 e. The predicted octanol–water partition coefficient (Wildman–Crippen LogP) is 3.32. The number of alkyl halides is 3. The van der Waals surface area contributed by atoms with Crippen LogP contribution in [0.1, 0.15) is 22.3 Å². The Morgan fingerprint density at radius 1 is 0.853 bits per heavy atom. The van der Waals surface area contributed by atoms with Crippen LogP contribution < -0.4 is 4.90 Å². The van der Waals surface area contributed by atoms with Crippen molar-refractivity contribution in [3.05, 3.63) is 65.2 Å². The van der Waals surface area contributed by atoms with Gasteiger partial charge >= 0.3 is 6.18 Å². The molecule has 11 heteroatoms. The minimum atomic E-state index is -4.49. The molecule has 0 bridgehead atoms. The summed E-state index contributed by atoms with van der Waals surface area (Å²) in [5.41, 5.74) is -0.683. The number of hydrogen-bond acceptors (Lipinski definition) is 3. The number of hydrogen-bond donors (Lipinski definition) is 0. The molecule has 34 heavy (non-hydrogen) atoms. The van der Waals surface area contributed by atoms with Crippen molar-refractivity contribution < 1.29 is 36.3 Å². The van der Waals surface area contributed by atoms with Crippen molar-refractivity contribution in [1.29, 1.82) is 0 Å². The number of rotatable bonds is 3. The zero-order chi connectivity index (χ0) is 24.6. The summed E-state index contributed by atoms with van der Waals surface area (Å²) in [4.78, 5) is 42.1. The van der Waals surface area contributed by atoms with Crippen molar-refractivity contribution in [2.24, 2.45) is 5.92 Å². The Balaban J connectivity index is 1.34. The van der Waals surface area contributed by atoms with Crippen LogP contribution in [0.2, 0.25) is 0 Å². The lowest BCUT2D eigenvalue weighted by atomic mass is 10.1. The van der Waals surface area contributed by atoms with Crippen molar-refractivity contribution in [3.63, 3.8) is 0 Å². The molecule has 180 valence electrons. The number of amides is 3. The van der Waals surface area contributed by atoms with E-state index in [0.29, 0.717) is 6.07 Å². The van der Waals surface area contributed by atoms with Gasteiger partial charge in [-0.05, 0) is 36.4 Å². The van der Waals surface area contributed by atoms with Crippen LogP contribution in [0.5, 0.6) is 0 Å². The quantitative estimate of drug-likeness (QED) is 0.633. The Bertz CT molecular complexity index is 1090. The van der Waals surface area contributed by atoms with Crippen LogP contribution in [0.4, 0.5) is 27.6 Å². The summed E-state index contributed by atoms with van der Waals surface area (Å²) in [5, 5.41) is 0. The molecule has 3 amide bonds. The van der Waals surface area contributed by atoms with Gasteiger partial charge in [-0.25, -0.2) is 8.78 Å². The summed E-state index contributed by atoms with van der Waals surface area (Å²) in [5.74, 6) is -3.49. The van der Waals surface area contributed by atoms with Gasteiger partial charge in [-0.15, -0.1) is 0 Å². The first kappa shape index (κ1) is 23.7. The van der Waals surface area contributed by atoms with Gasteiger partial charge in [-0.3, -0.25) is 14.4 Å². The van der Waals surface area contributed by atoms with E-state index in [1.165, 1.54) is 14.7 Å². The monoisotopic (exact) mass is 481 g/mol. The van der Waals surface area contributed by atoms with E-state index in [4.69, 9.17) is 0 Å². The molecule has 2 fully saturated rings. The highest BCUT2D eigenvalue weighted by molar-refractivity contribution is 6.00. The zero-order valence-corrected chi connectivity index (χ0v) is 17.8. The second-order valence-electron chi connectivity index (χ2n) is 8.23. The second kappa shape index (κ2) is 9.03.